The molecular formula is C18H25NO3. The van der Waals surface area contributed by atoms with E-state index >= 15 is 0 Å². The third kappa shape index (κ3) is 7.07. The Morgan fingerprint density at radius 1 is 1.09 bits per heavy atom. The Hall–Kier alpha value is -2.10. The number of nitrogens with one attached hydrogen (secondary N) is 1. The molecule has 0 atom stereocenters. The number of hydrogen-bond acceptors (Lipinski definition) is 3. The fraction of sp³-hybridized carbons (Fsp3) is 0.444. The van der Waals surface area contributed by atoms with E-state index in [-0.39, 0.29) is 11.9 Å². The molecule has 1 rings (SSSR count). The van der Waals surface area contributed by atoms with Crippen molar-refractivity contribution in [3.8, 4) is 0 Å². The van der Waals surface area contributed by atoms with E-state index in [2.05, 4.69) is 12.2 Å². The molecular weight excluding hydrogens is 278 g/mol. The van der Waals surface area contributed by atoms with Crippen molar-refractivity contribution in [3.05, 3.63) is 41.5 Å². The minimum atomic E-state index is -0.321. The first-order valence-corrected chi connectivity index (χ1v) is 7.76. The van der Waals surface area contributed by atoms with Gasteiger partial charge in [-0.05, 0) is 44.5 Å². The molecule has 0 saturated heterocycles. The van der Waals surface area contributed by atoms with Crippen molar-refractivity contribution < 1.29 is 14.3 Å². The second-order valence-electron chi connectivity index (χ2n) is 5.48. The Bertz CT molecular complexity index is 514. The van der Waals surface area contributed by atoms with Gasteiger partial charge in [0.2, 0.25) is 5.91 Å². The largest absolute Gasteiger partial charge is 0.462 e. The van der Waals surface area contributed by atoms with Crippen LogP contribution in [0.25, 0.3) is 0 Å². The van der Waals surface area contributed by atoms with Crippen LogP contribution in [-0.2, 0) is 9.53 Å². The third-order valence-electron chi connectivity index (χ3n) is 3.04. The summed E-state index contributed by atoms with van der Waals surface area (Å²) in [6.07, 6.45) is 5.83. The molecule has 1 aromatic rings. The predicted molar refractivity (Wildman–Crippen MR) is 88.9 cm³/mol. The molecule has 1 aromatic carbocycles. The molecule has 1 amide bonds. The number of hydrogen-bond donors (Lipinski definition) is 1. The number of ether oxygens (including phenoxy) is 1. The number of benzene rings is 1. The van der Waals surface area contributed by atoms with Crippen LogP contribution in [0.4, 0.5) is 5.69 Å². The Morgan fingerprint density at radius 3 is 2.36 bits per heavy atom. The maximum Gasteiger partial charge on any atom is 0.338 e. The highest BCUT2D eigenvalue weighted by Gasteiger charge is 2.07. The summed E-state index contributed by atoms with van der Waals surface area (Å²) in [6, 6.07) is 6.72. The first-order valence-electron chi connectivity index (χ1n) is 7.76. The molecule has 0 aliphatic carbocycles. The first kappa shape index (κ1) is 18.0. The number of anilines is 1. The fourth-order valence-corrected chi connectivity index (χ4v) is 1.91. The number of allylic oxidation sites excluding steroid dienone is 1. The van der Waals surface area contributed by atoms with Crippen LogP contribution in [0.2, 0.25) is 0 Å². The molecule has 0 unspecified atom stereocenters. The molecule has 0 saturated carbocycles. The molecule has 0 spiro atoms. The molecule has 0 radical (unpaired) electrons. The minimum absolute atomic E-state index is 0.175. The van der Waals surface area contributed by atoms with Gasteiger partial charge in [-0.3, -0.25) is 4.79 Å². The SMILES string of the molecule is CCCCCCOC(=O)c1ccc(NC(=O)C=C(C)C)cc1. The lowest BCUT2D eigenvalue weighted by atomic mass is 10.2. The van der Waals surface area contributed by atoms with Crippen LogP contribution >= 0.6 is 0 Å². The number of rotatable bonds is 8. The Labute approximate surface area is 132 Å². The second-order valence-corrected chi connectivity index (χ2v) is 5.48. The Balaban J connectivity index is 2.45. The Morgan fingerprint density at radius 2 is 1.77 bits per heavy atom. The fourth-order valence-electron chi connectivity index (χ4n) is 1.91. The van der Waals surface area contributed by atoms with Crippen molar-refractivity contribution in [2.75, 3.05) is 11.9 Å². The maximum absolute atomic E-state index is 11.8. The number of carbonyl (C=O) groups excluding carboxylic acids is 2. The highest BCUT2D eigenvalue weighted by Crippen LogP contribution is 2.11. The lowest BCUT2D eigenvalue weighted by Crippen LogP contribution is -2.09. The maximum atomic E-state index is 11.8. The topological polar surface area (TPSA) is 55.4 Å². The van der Waals surface area contributed by atoms with Crippen LogP contribution in [0.5, 0.6) is 0 Å². The normalized spacial score (nSPS) is 9.95. The van der Waals surface area contributed by atoms with Gasteiger partial charge in [0.25, 0.3) is 0 Å². The van der Waals surface area contributed by atoms with Gasteiger partial charge in [-0.15, -0.1) is 0 Å². The smallest absolute Gasteiger partial charge is 0.338 e. The number of amides is 1. The molecule has 0 aliphatic rings. The van der Waals surface area contributed by atoms with Crippen LogP contribution in [0, 0.1) is 0 Å². The van der Waals surface area contributed by atoms with Crippen molar-refractivity contribution in [3.63, 3.8) is 0 Å². The molecule has 1 N–H and O–H groups in total. The quantitative estimate of drug-likeness (QED) is 0.442. The summed E-state index contributed by atoms with van der Waals surface area (Å²) in [7, 11) is 0. The lowest BCUT2D eigenvalue weighted by Gasteiger charge is -2.06. The van der Waals surface area contributed by atoms with Gasteiger partial charge in [0.15, 0.2) is 0 Å². The van der Waals surface area contributed by atoms with Gasteiger partial charge >= 0.3 is 5.97 Å². The molecule has 0 fully saturated rings. The standard InChI is InChI=1S/C18H25NO3/c1-4-5-6-7-12-22-18(21)15-8-10-16(11-9-15)19-17(20)13-14(2)3/h8-11,13H,4-7,12H2,1-3H3,(H,19,20). The van der Waals surface area contributed by atoms with Gasteiger partial charge in [-0.2, -0.15) is 0 Å². The Kier molecular flexibility index (Phi) is 7.97. The average Bonchev–Trinajstić information content (AvgIpc) is 2.46. The van der Waals surface area contributed by atoms with Crippen molar-refractivity contribution in [1.29, 1.82) is 0 Å². The third-order valence-corrected chi connectivity index (χ3v) is 3.04. The van der Waals surface area contributed by atoms with Gasteiger partial charge in [0.05, 0.1) is 12.2 Å². The van der Waals surface area contributed by atoms with Crippen molar-refractivity contribution in [1.82, 2.24) is 0 Å². The van der Waals surface area contributed by atoms with E-state index in [4.69, 9.17) is 4.74 Å². The van der Waals surface area contributed by atoms with E-state index in [1.165, 1.54) is 6.08 Å². The summed E-state index contributed by atoms with van der Waals surface area (Å²) < 4.78 is 5.21. The minimum Gasteiger partial charge on any atom is -0.462 e. The van der Waals surface area contributed by atoms with Crippen molar-refractivity contribution >= 4 is 17.6 Å². The van der Waals surface area contributed by atoms with Gasteiger partial charge in [-0.25, -0.2) is 4.79 Å². The predicted octanol–water partition coefficient (Wildman–Crippen LogP) is 4.33. The van der Waals surface area contributed by atoms with Gasteiger partial charge in [0, 0.05) is 11.8 Å². The zero-order valence-electron chi connectivity index (χ0n) is 13.6. The molecule has 22 heavy (non-hydrogen) atoms. The zero-order chi connectivity index (χ0) is 16.4. The van der Waals surface area contributed by atoms with Crippen LogP contribution in [0.3, 0.4) is 0 Å². The highest BCUT2D eigenvalue weighted by atomic mass is 16.5. The van der Waals surface area contributed by atoms with Gasteiger partial charge < -0.3 is 10.1 Å². The van der Waals surface area contributed by atoms with E-state index in [1.807, 2.05) is 13.8 Å². The van der Waals surface area contributed by atoms with Gasteiger partial charge in [-0.1, -0.05) is 31.8 Å². The van der Waals surface area contributed by atoms with E-state index < -0.39 is 0 Å². The van der Waals surface area contributed by atoms with E-state index in [9.17, 15) is 9.59 Å². The molecule has 0 aromatic heterocycles. The summed E-state index contributed by atoms with van der Waals surface area (Å²) in [4.78, 5) is 23.4. The summed E-state index contributed by atoms with van der Waals surface area (Å²) in [5, 5.41) is 2.74. The molecule has 0 aliphatic heterocycles. The molecule has 4 heteroatoms. The van der Waals surface area contributed by atoms with Crippen molar-refractivity contribution in [2.45, 2.75) is 46.5 Å². The van der Waals surface area contributed by atoms with Gasteiger partial charge in [0.1, 0.15) is 0 Å². The molecule has 0 bridgehead atoms. The number of esters is 1. The lowest BCUT2D eigenvalue weighted by molar-refractivity contribution is -0.111. The van der Waals surface area contributed by atoms with Crippen LogP contribution in [0.1, 0.15) is 56.8 Å². The van der Waals surface area contributed by atoms with E-state index in [0.29, 0.717) is 17.9 Å². The summed E-state index contributed by atoms with van der Waals surface area (Å²) >= 11 is 0. The summed E-state index contributed by atoms with van der Waals surface area (Å²) in [5.41, 5.74) is 2.08. The first-order chi connectivity index (χ1) is 10.5. The molecule has 0 heterocycles. The summed E-state index contributed by atoms with van der Waals surface area (Å²) in [6.45, 7) is 6.32. The van der Waals surface area contributed by atoms with E-state index in [1.54, 1.807) is 24.3 Å². The second kappa shape index (κ2) is 9.77. The average molecular weight is 303 g/mol. The van der Waals surface area contributed by atoms with Crippen LogP contribution in [-0.4, -0.2) is 18.5 Å². The molecule has 120 valence electrons. The molecule has 4 nitrogen and oxygen atoms in total. The summed E-state index contributed by atoms with van der Waals surface area (Å²) in [5.74, 6) is -0.495. The monoisotopic (exact) mass is 303 g/mol. The zero-order valence-corrected chi connectivity index (χ0v) is 13.6. The highest BCUT2D eigenvalue weighted by molar-refractivity contribution is 6.00. The van der Waals surface area contributed by atoms with Crippen LogP contribution in [0.15, 0.2) is 35.9 Å². The van der Waals surface area contributed by atoms with Crippen LogP contribution < -0.4 is 5.32 Å². The number of carbonyl (C=O) groups is 2. The number of unbranched alkanes of at least 4 members (excludes halogenated alkanes) is 3. The van der Waals surface area contributed by atoms with Crippen molar-refractivity contribution in [2.24, 2.45) is 0 Å². The van der Waals surface area contributed by atoms with E-state index in [0.717, 1.165) is 31.3 Å².